The smallest absolute Gasteiger partial charge is 0.0739 e. The maximum absolute atomic E-state index is 5.86. The second-order valence-corrected chi connectivity index (χ2v) is 4.53. The molecule has 0 aliphatic rings. The topological polar surface area (TPSA) is 50.9 Å². The number of nitrogens with one attached hydrogen (secondary N) is 1. The zero-order valence-electron chi connectivity index (χ0n) is 11.4. The van der Waals surface area contributed by atoms with E-state index in [-0.39, 0.29) is 12.4 Å². The van der Waals surface area contributed by atoms with Crippen LogP contribution in [0, 0.1) is 0 Å². The zero-order chi connectivity index (χ0) is 13.8. The third kappa shape index (κ3) is 3.52. The number of nitrogen functional groups attached to an aromatic ring is 1. The summed E-state index contributed by atoms with van der Waals surface area (Å²) in [5, 5.41) is 3.29. The molecule has 0 saturated carbocycles. The predicted octanol–water partition coefficient (Wildman–Crippen LogP) is 4.50. The van der Waals surface area contributed by atoms with E-state index >= 15 is 0 Å². The van der Waals surface area contributed by atoms with Crippen molar-refractivity contribution in [1.82, 2.24) is 4.98 Å². The number of aromatic nitrogens is 1. The average molecular weight is 298 g/mol. The van der Waals surface area contributed by atoms with Crippen LogP contribution in [0.1, 0.15) is 0 Å². The van der Waals surface area contributed by atoms with E-state index in [1.807, 2.05) is 36.4 Å². The summed E-state index contributed by atoms with van der Waals surface area (Å²) in [4.78, 5) is 3.98. The van der Waals surface area contributed by atoms with E-state index in [1.165, 1.54) is 11.1 Å². The molecule has 0 aliphatic carbocycles. The first-order chi connectivity index (χ1) is 9.83. The molecular weight excluding hydrogens is 282 g/mol. The van der Waals surface area contributed by atoms with Gasteiger partial charge in [-0.3, -0.25) is 4.98 Å². The van der Waals surface area contributed by atoms with E-state index in [4.69, 9.17) is 5.73 Å². The normalized spacial score (nSPS) is 9.71. The second kappa shape index (κ2) is 6.77. The van der Waals surface area contributed by atoms with Crippen molar-refractivity contribution in [3.63, 3.8) is 0 Å². The van der Waals surface area contributed by atoms with Gasteiger partial charge < -0.3 is 11.1 Å². The van der Waals surface area contributed by atoms with Gasteiger partial charge in [-0.15, -0.1) is 12.4 Å². The minimum absolute atomic E-state index is 0. The Labute approximate surface area is 130 Å². The monoisotopic (exact) mass is 297 g/mol. The van der Waals surface area contributed by atoms with Gasteiger partial charge in [0.05, 0.1) is 17.6 Å². The molecule has 0 amide bonds. The predicted molar refractivity (Wildman–Crippen MR) is 91.1 cm³/mol. The number of rotatable bonds is 3. The minimum atomic E-state index is 0. The number of hydrogen-bond acceptors (Lipinski definition) is 3. The molecule has 3 rings (SSSR count). The molecule has 0 aliphatic heterocycles. The summed E-state index contributed by atoms with van der Waals surface area (Å²) in [6.07, 6.45) is 3.36. The van der Waals surface area contributed by atoms with Gasteiger partial charge in [0, 0.05) is 11.9 Å². The van der Waals surface area contributed by atoms with E-state index in [9.17, 15) is 0 Å². The van der Waals surface area contributed by atoms with Gasteiger partial charge in [-0.2, -0.15) is 0 Å². The van der Waals surface area contributed by atoms with Crippen LogP contribution in [0.5, 0.6) is 0 Å². The Balaban J connectivity index is 0.00000161. The maximum atomic E-state index is 5.86. The van der Waals surface area contributed by atoms with Crippen molar-refractivity contribution in [1.29, 1.82) is 0 Å². The van der Waals surface area contributed by atoms with Gasteiger partial charge in [-0.05, 0) is 29.3 Å². The van der Waals surface area contributed by atoms with Gasteiger partial charge in [-0.1, -0.05) is 42.5 Å². The lowest BCUT2D eigenvalue weighted by atomic mass is 10.1. The van der Waals surface area contributed by atoms with Crippen molar-refractivity contribution >= 4 is 29.5 Å². The standard InChI is InChI=1S/C17H15N3.ClH/c18-16-12-19-11-10-17(16)20-15-8-6-14(7-9-15)13-4-2-1-3-5-13;/h1-12H,18H2,(H,19,20);1H. The molecule has 2 aromatic carbocycles. The van der Waals surface area contributed by atoms with E-state index in [0.29, 0.717) is 5.69 Å². The van der Waals surface area contributed by atoms with Gasteiger partial charge in [0.25, 0.3) is 0 Å². The molecule has 0 spiro atoms. The summed E-state index contributed by atoms with van der Waals surface area (Å²) in [6.45, 7) is 0. The first-order valence-electron chi connectivity index (χ1n) is 6.45. The summed E-state index contributed by atoms with van der Waals surface area (Å²) in [5.74, 6) is 0. The quantitative estimate of drug-likeness (QED) is 0.748. The van der Waals surface area contributed by atoms with Gasteiger partial charge in [-0.25, -0.2) is 0 Å². The highest BCUT2D eigenvalue weighted by Gasteiger charge is 2.00. The highest BCUT2D eigenvalue weighted by molar-refractivity contribution is 5.85. The molecule has 0 atom stereocenters. The number of nitrogens with two attached hydrogens (primary N) is 1. The van der Waals surface area contributed by atoms with Crippen LogP contribution in [0.3, 0.4) is 0 Å². The Bertz CT molecular complexity index is 697. The molecule has 3 aromatic rings. The summed E-state index contributed by atoms with van der Waals surface area (Å²) < 4.78 is 0. The first kappa shape index (κ1) is 14.9. The van der Waals surface area contributed by atoms with Crippen molar-refractivity contribution in [2.75, 3.05) is 11.1 Å². The van der Waals surface area contributed by atoms with E-state index < -0.39 is 0 Å². The van der Waals surface area contributed by atoms with Crippen LogP contribution in [0.25, 0.3) is 11.1 Å². The number of benzene rings is 2. The Morgan fingerprint density at radius 3 is 2.14 bits per heavy atom. The van der Waals surface area contributed by atoms with Crippen LogP contribution >= 0.6 is 12.4 Å². The zero-order valence-corrected chi connectivity index (χ0v) is 12.2. The van der Waals surface area contributed by atoms with E-state index in [0.717, 1.165) is 11.4 Å². The molecule has 3 N–H and O–H groups in total. The average Bonchev–Trinajstić information content (AvgIpc) is 2.51. The van der Waals surface area contributed by atoms with Crippen LogP contribution in [0.2, 0.25) is 0 Å². The lowest BCUT2D eigenvalue weighted by molar-refractivity contribution is 1.33. The molecule has 1 aromatic heterocycles. The van der Waals surface area contributed by atoms with Crippen molar-refractivity contribution in [2.45, 2.75) is 0 Å². The van der Waals surface area contributed by atoms with Gasteiger partial charge >= 0.3 is 0 Å². The highest BCUT2D eigenvalue weighted by atomic mass is 35.5. The van der Waals surface area contributed by atoms with Crippen LogP contribution in [-0.4, -0.2) is 4.98 Å². The van der Waals surface area contributed by atoms with Gasteiger partial charge in [0.15, 0.2) is 0 Å². The van der Waals surface area contributed by atoms with E-state index in [2.05, 4.69) is 34.6 Å². The number of hydrogen-bond donors (Lipinski definition) is 2. The Kier molecular flexibility index (Phi) is 4.80. The summed E-state index contributed by atoms with van der Waals surface area (Å²) in [7, 11) is 0. The number of pyridine rings is 1. The molecule has 106 valence electrons. The molecule has 21 heavy (non-hydrogen) atoms. The summed E-state index contributed by atoms with van der Waals surface area (Å²) in [6, 6.07) is 20.4. The Morgan fingerprint density at radius 2 is 1.48 bits per heavy atom. The molecule has 0 radical (unpaired) electrons. The first-order valence-corrected chi connectivity index (χ1v) is 6.45. The molecule has 0 unspecified atom stereocenters. The van der Waals surface area contributed by atoms with Crippen molar-refractivity contribution < 1.29 is 0 Å². The van der Waals surface area contributed by atoms with Crippen molar-refractivity contribution in [3.8, 4) is 11.1 Å². The third-order valence-electron chi connectivity index (χ3n) is 3.12. The minimum Gasteiger partial charge on any atom is -0.396 e. The molecular formula is C17H16ClN3. The van der Waals surface area contributed by atoms with Crippen molar-refractivity contribution in [3.05, 3.63) is 73.1 Å². The Hall–Kier alpha value is -2.52. The fourth-order valence-corrected chi connectivity index (χ4v) is 2.05. The van der Waals surface area contributed by atoms with Crippen LogP contribution < -0.4 is 11.1 Å². The fraction of sp³-hybridized carbons (Fsp3) is 0. The molecule has 4 heteroatoms. The molecule has 0 saturated heterocycles. The van der Waals surface area contributed by atoms with Gasteiger partial charge in [0.1, 0.15) is 0 Å². The number of halogens is 1. The maximum Gasteiger partial charge on any atom is 0.0739 e. The Morgan fingerprint density at radius 1 is 0.810 bits per heavy atom. The summed E-state index contributed by atoms with van der Waals surface area (Å²) in [5.41, 5.74) is 10.8. The fourth-order valence-electron chi connectivity index (χ4n) is 2.05. The number of anilines is 3. The summed E-state index contributed by atoms with van der Waals surface area (Å²) >= 11 is 0. The molecule has 1 heterocycles. The second-order valence-electron chi connectivity index (χ2n) is 4.53. The molecule has 0 bridgehead atoms. The SMILES string of the molecule is Cl.Nc1cnccc1Nc1ccc(-c2ccccc2)cc1. The molecule has 3 nitrogen and oxygen atoms in total. The van der Waals surface area contributed by atoms with E-state index in [1.54, 1.807) is 12.4 Å². The van der Waals surface area contributed by atoms with Gasteiger partial charge in [0.2, 0.25) is 0 Å². The lowest BCUT2D eigenvalue weighted by Gasteiger charge is -2.09. The van der Waals surface area contributed by atoms with Crippen LogP contribution in [0.15, 0.2) is 73.1 Å². The van der Waals surface area contributed by atoms with Crippen LogP contribution in [0.4, 0.5) is 17.1 Å². The van der Waals surface area contributed by atoms with Crippen molar-refractivity contribution in [2.24, 2.45) is 0 Å². The lowest BCUT2D eigenvalue weighted by Crippen LogP contribution is -1.96. The van der Waals surface area contributed by atoms with Crippen LogP contribution in [-0.2, 0) is 0 Å². The number of nitrogens with zero attached hydrogens (tertiary/aromatic N) is 1. The third-order valence-corrected chi connectivity index (χ3v) is 3.12. The molecule has 0 fully saturated rings. The highest BCUT2D eigenvalue weighted by Crippen LogP contribution is 2.25. The largest absolute Gasteiger partial charge is 0.396 e.